The summed E-state index contributed by atoms with van der Waals surface area (Å²) in [4.78, 5) is 13.5. The highest BCUT2D eigenvalue weighted by Crippen LogP contribution is 2.32. The lowest BCUT2D eigenvalue weighted by Gasteiger charge is -2.10. The lowest BCUT2D eigenvalue weighted by molar-refractivity contribution is 0.477. The van der Waals surface area contributed by atoms with Gasteiger partial charge in [-0.25, -0.2) is 23.4 Å². The molecule has 0 spiro atoms. The number of hydrogen-bond acceptors (Lipinski definition) is 7. The third-order valence-electron chi connectivity index (χ3n) is 4.45. The van der Waals surface area contributed by atoms with E-state index < -0.39 is 9.84 Å². The smallest absolute Gasteiger partial charge is 0.175 e. The van der Waals surface area contributed by atoms with Crippen LogP contribution in [0.5, 0.6) is 11.5 Å². The van der Waals surface area contributed by atoms with Crippen molar-refractivity contribution < 1.29 is 18.6 Å². The van der Waals surface area contributed by atoms with Gasteiger partial charge in [0.2, 0.25) is 0 Å². The minimum Gasteiger partial charge on any atom is -0.507 e. The molecule has 7 nitrogen and oxygen atoms in total. The van der Waals surface area contributed by atoms with Crippen LogP contribution in [-0.4, -0.2) is 39.8 Å². The fraction of sp³-hybridized carbons (Fsp3) is 0.0455. The molecule has 0 saturated heterocycles. The Hall–Kier alpha value is -3.78. The number of phenolic OH excluding ortho intramolecular Hbond substituents is 2. The van der Waals surface area contributed by atoms with Crippen molar-refractivity contribution in [2.24, 2.45) is 0 Å². The topological polar surface area (TPSA) is 113 Å². The molecule has 0 amide bonds. The zero-order chi connectivity index (χ0) is 21.3. The monoisotopic (exact) mass is 419 g/mol. The van der Waals surface area contributed by atoms with Gasteiger partial charge in [-0.2, -0.15) is 0 Å². The molecule has 2 N–H and O–H groups in total. The average Bonchev–Trinajstić information content (AvgIpc) is 2.73. The van der Waals surface area contributed by atoms with E-state index in [-0.39, 0.29) is 33.9 Å². The van der Waals surface area contributed by atoms with Gasteiger partial charge in [-0.15, -0.1) is 0 Å². The second-order valence-electron chi connectivity index (χ2n) is 6.64. The molecule has 0 aliphatic carbocycles. The highest BCUT2D eigenvalue weighted by molar-refractivity contribution is 7.90. The van der Waals surface area contributed by atoms with Gasteiger partial charge in [0.05, 0.1) is 16.0 Å². The molecule has 0 atom stereocenters. The maximum absolute atomic E-state index is 12.0. The first-order valence-electron chi connectivity index (χ1n) is 8.96. The van der Waals surface area contributed by atoms with Gasteiger partial charge in [-0.1, -0.05) is 36.4 Å². The predicted octanol–water partition coefficient (Wildman–Crippen LogP) is 3.69. The molecule has 30 heavy (non-hydrogen) atoms. The van der Waals surface area contributed by atoms with Gasteiger partial charge in [0.15, 0.2) is 27.3 Å². The van der Waals surface area contributed by atoms with Crippen molar-refractivity contribution in [3.05, 3.63) is 72.8 Å². The fourth-order valence-corrected chi connectivity index (χ4v) is 3.60. The van der Waals surface area contributed by atoms with Crippen LogP contribution in [0.25, 0.3) is 34.2 Å². The lowest BCUT2D eigenvalue weighted by Crippen LogP contribution is -2.02. The van der Waals surface area contributed by atoms with Crippen molar-refractivity contribution >= 4 is 9.84 Å². The molecule has 0 bridgehead atoms. The summed E-state index contributed by atoms with van der Waals surface area (Å²) in [5, 5.41) is 20.5. The van der Waals surface area contributed by atoms with Crippen LogP contribution in [0.2, 0.25) is 0 Å². The van der Waals surface area contributed by atoms with E-state index in [1.165, 1.54) is 24.3 Å². The van der Waals surface area contributed by atoms with Gasteiger partial charge < -0.3 is 10.2 Å². The summed E-state index contributed by atoms with van der Waals surface area (Å²) < 4.78 is 23.9. The number of aromatic nitrogens is 3. The highest BCUT2D eigenvalue weighted by Gasteiger charge is 2.17. The summed E-state index contributed by atoms with van der Waals surface area (Å²) in [6.07, 6.45) is 1.13. The molecule has 1 aromatic heterocycles. The van der Waals surface area contributed by atoms with Crippen LogP contribution in [0.1, 0.15) is 0 Å². The van der Waals surface area contributed by atoms with Crippen LogP contribution < -0.4 is 0 Å². The first-order chi connectivity index (χ1) is 14.3. The molecule has 3 aromatic carbocycles. The normalized spacial score (nSPS) is 11.4. The molecule has 0 aliphatic rings. The Morgan fingerprint density at radius 3 is 1.67 bits per heavy atom. The summed E-state index contributed by atoms with van der Waals surface area (Å²) in [6.45, 7) is 0. The molecule has 8 heteroatoms. The van der Waals surface area contributed by atoms with Crippen LogP contribution in [0, 0.1) is 0 Å². The Labute approximate surface area is 173 Å². The van der Waals surface area contributed by atoms with Crippen LogP contribution in [0.4, 0.5) is 0 Å². The zero-order valence-electron chi connectivity index (χ0n) is 15.9. The second kappa shape index (κ2) is 7.57. The number of hydrogen-bond donors (Lipinski definition) is 2. The molecule has 150 valence electrons. The Balaban J connectivity index is 1.98. The predicted molar refractivity (Wildman–Crippen MR) is 113 cm³/mol. The molecule has 0 radical (unpaired) electrons. The molecule has 4 aromatic rings. The van der Waals surface area contributed by atoms with Crippen molar-refractivity contribution in [2.75, 3.05) is 6.26 Å². The van der Waals surface area contributed by atoms with E-state index in [2.05, 4.69) is 15.0 Å². The van der Waals surface area contributed by atoms with Gasteiger partial charge in [-0.05, 0) is 36.4 Å². The Bertz CT molecular complexity index is 1290. The SMILES string of the molecule is CS(=O)(=O)c1cccc(-c2nc(-c3ccccc3O)nc(-c3ccccc3O)n2)c1. The summed E-state index contributed by atoms with van der Waals surface area (Å²) in [7, 11) is -3.42. The first-order valence-corrected chi connectivity index (χ1v) is 10.9. The van der Waals surface area contributed by atoms with E-state index in [9.17, 15) is 18.6 Å². The van der Waals surface area contributed by atoms with Gasteiger partial charge in [0, 0.05) is 11.8 Å². The Morgan fingerprint density at radius 1 is 0.667 bits per heavy atom. The fourth-order valence-electron chi connectivity index (χ4n) is 2.94. The van der Waals surface area contributed by atoms with Crippen molar-refractivity contribution in [3.8, 4) is 45.7 Å². The summed E-state index contributed by atoms with van der Waals surface area (Å²) >= 11 is 0. The standard InChI is InChI=1S/C22H17N3O4S/c1-30(28,29)15-8-6-7-14(13-15)20-23-21(16-9-2-4-11-18(16)26)25-22(24-20)17-10-3-5-12-19(17)27/h2-13,26-27H,1H3. The highest BCUT2D eigenvalue weighted by atomic mass is 32.2. The van der Waals surface area contributed by atoms with E-state index in [4.69, 9.17) is 0 Å². The van der Waals surface area contributed by atoms with E-state index in [1.807, 2.05) is 0 Å². The van der Waals surface area contributed by atoms with E-state index in [0.29, 0.717) is 16.7 Å². The average molecular weight is 419 g/mol. The minimum absolute atomic E-state index is 0.0113. The molecule has 1 heterocycles. The molecular formula is C22H17N3O4S. The number of rotatable bonds is 4. The third kappa shape index (κ3) is 3.85. The van der Waals surface area contributed by atoms with Gasteiger partial charge in [0.1, 0.15) is 11.5 Å². The second-order valence-corrected chi connectivity index (χ2v) is 8.66. The molecule has 0 fully saturated rings. The zero-order valence-corrected chi connectivity index (χ0v) is 16.7. The minimum atomic E-state index is -3.42. The van der Waals surface area contributed by atoms with Gasteiger partial charge in [0.25, 0.3) is 0 Å². The number of phenols is 2. The summed E-state index contributed by atoms with van der Waals surface area (Å²) in [5.74, 6) is 0.583. The molecule has 4 rings (SSSR count). The van der Waals surface area contributed by atoms with Crippen LogP contribution in [-0.2, 0) is 9.84 Å². The summed E-state index contributed by atoms with van der Waals surface area (Å²) in [5.41, 5.74) is 1.24. The largest absolute Gasteiger partial charge is 0.507 e. The number of aromatic hydroxyl groups is 2. The van der Waals surface area contributed by atoms with Gasteiger partial charge >= 0.3 is 0 Å². The van der Waals surface area contributed by atoms with Crippen molar-refractivity contribution in [3.63, 3.8) is 0 Å². The molecule has 0 aliphatic heterocycles. The third-order valence-corrected chi connectivity index (χ3v) is 5.56. The first kappa shape index (κ1) is 19.5. The maximum Gasteiger partial charge on any atom is 0.175 e. The van der Waals surface area contributed by atoms with Gasteiger partial charge in [-0.3, -0.25) is 0 Å². The Morgan fingerprint density at radius 2 is 1.17 bits per heavy atom. The number of sulfone groups is 1. The molecule has 0 saturated carbocycles. The molecular weight excluding hydrogens is 402 g/mol. The maximum atomic E-state index is 12.0. The van der Waals surface area contributed by atoms with Crippen molar-refractivity contribution in [2.45, 2.75) is 4.90 Å². The van der Waals surface area contributed by atoms with Crippen LogP contribution in [0.3, 0.4) is 0 Å². The number of nitrogens with zero attached hydrogens (tertiary/aromatic N) is 3. The quantitative estimate of drug-likeness (QED) is 0.519. The van der Waals surface area contributed by atoms with Crippen LogP contribution in [0.15, 0.2) is 77.7 Å². The van der Waals surface area contributed by atoms with E-state index in [1.54, 1.807) is 48.5 Å². The Kier molecular flexibility index (Phi) is 4.93. The van der Waals surface area contributed by atoms with Crippen molar-refractivity contribution in [1.82, 2.24) is 15.0 Å². The summed E-state index contributed by atoms with van der Waals surface area (Å²) in [6, 6.07) is 19.5. The van der Waals surface area contributed by atoms with Crippen molar-refractivity contribution in [1.29, 1.82) is 0 Å². The molecule has 0 unspecified atom stereocenters. The number of benzene rings is 3. The number of para-hydroxylation sites is 2. The lowest BCUT2D eigenvalue weighted by atomic mass is 10.1. The van der Waals surface area contributed by atoms with E-state index in [0.717, 1.165) is 6.26 Å². The van der Waals surface area contributed by atoms with Crippen LogP contribution >= 0.6 is 0 Å². The van der Waals surface area contributed by atoms with E-state index >= 15 is 0 Å².